The first-order valence-electron chi connectivity index (χ1n) is 5.40. The summed E-state index contributed by atoms with van der Waals surface area (Å²) in [6.45, 7) is 6.07. The fraction of sp³-hybridized carbons (Fsp3) is 0.900. The van der Waals surface area contributed by atoms with Gasteiger partial charge in [-0.3, -0.25) is 9.69 Å². The van der Waals surface area contributed by atoms with Crippen molar-refractivity contribution in [2.45, 2.75) is 38.5 Å². The van der Waals surface area contributed by atoms with Crippen LogP contribution in [0.5, 0.6) is 0 Å². The van der Waals surface area contributed by atoms with Crippen LogP contribution in [-0.4, -0.2) is 48.7 Å². The predicted octanol–water partition coefficient (Wildman–Crippen LogP) is -0.702. The van der Waals surface area contributed by atoms with Gasteiger partial charge >= 0.3 is 0 Å². The SMILES string of the molecule is CC1CN(C(CN)CC(N)=O)C(C)CO1. The number of ether oxygens (including phenoxy) is 1. The average molecular weight is 215 g/mol. The van der Waals surface area contributed by atoms with Crippen LogP contribution in [0, 0.1) is 0 Å². The quantitative estimate of drug-likeness (QED) is 0.649. The van der Waals surface area contributed by atoms with E-state index in [1.807, 2.05) is 6.92 Å². The molecule has 1 amide bonds. The first-order chi connectivity index (χ1) is 7.04. The second kappa shape index (κ2) is 5.44. The molecule has 0 saturated carbocycles. The highest BCUT2D eigenvalue weighted by Crippen LogP contribution is 2.16. The maximum atomic E-state index is 10.9. The summed E-state index contributed by atoms with van der Waals surface area (Å²) >= 11 is 0. The maximum Gasteiger partial charge on any atom is 0.219 e. The van der Waals surface area contributed by atoms with E-state index in [9.17, 15) is 4.79 Å². The summed E-state index contributed by atoms with van der Waals surface area (Å²) in [6, 6.07) is 0.345. The Morgan fingerprint density at radius 1 is 1.60 bits per heavy atom. The van der Waals surface area contributed by atoms with Crippen molar-refractivity contribution in [3.63, 3.8) is 0 Å². The molecule has 1 rings (SSSR count). The summed E-state index contributed by atoms with van der Waals surface area (Å²) in [6.07, 6.45) is 0.524. The summed E-state index contributed by atoms with van der Waals surface area (Å²) in [5.74, 6) is -0.295. The number of nitrogens with zero attached hydrogens (tertiary/aromatic N) is 1. The Kier molecular flexibility index (Phi) is 4.50. The molecular weight excluding hydrogens is 194 g/mol. The Hall–Kier alpha value is -0.650. The molecule has 1 aliphatic heterocycles. The zero-order valence-electron chi connectivity index (χ0n) is 9.48. The minimum Gasteiger partial charge on any atom is -0.376 e. The van der Waals surface area contributed by atoms with Gasteiger partial charge in [-0.2, -0.15) is 0 Å². The molecule has 3 unspecified atom stereocenters. The molecule has 5 nitrogen and oxygen atoms in total. The van der Waals surface area contributed by atoms with E-state index in [-0.39, 0.29) is 18.1 Å². The molecule has 1 fully saturated rings. The van der Waals surface area contributed by atoms with Crippen molar-refractivity contribution in [2.24, 2.45) is 11.5 Å². The normalized spacial score (nSPS) is 30.1. The fourth-order valence-electron chi connectivity index (χ4n) is 2.01. The molecule has 5 heteroatoms. The van der Waals surface area contributed by atoms with Gasteiger partial charge in [-0.05, 0) is 13.8 Å². The molecule has 0 aromatic heterocycles. The number of nitrogens with two attached hydrogens (primary N) is 2. The molecule has 3 atom stereocenters. The first-order valence-corrected chi connectivity index (χ1v) is 5.40. The Morgan fingerprint density at radius 3 is 2.80 bits per heavy atom. The largest absolute Gasteiger partial charge is 0.376 e. The van der Waals surface area contributed by atoms with Gasteiger partial charge in [-0.25, -0.2) is 0 Å². The van der Waals surface area contributed by atoms with Crippen molar-refractivity contribution < 1.29 is 9.53 Å². The van der Waals surface area contributed by atoms with Crippen LogP contribution in [-0.2, 0) is 9.53 Å². The predicted molar refractivity (Wildman–Crippen MR) is 58.2 cm³/mol. The molecule has 0 radical (unpaired) electrons. The minimum atomic E-state index is -0.295. The van der Waals surface area contributed by atoms with Crippen molar-refractivity contribution >= 4 is 5.91 Å². The fourth-order valence-corrected chi connectivity index (χ4v) is 2.01. The standard InChI is InChI=1S/C10H21N3O2/c1-7-6-15-8(2)5-13(7)9(4-11)3-10(12)14/h7-9H,3-6,11H2,1-2H3,(H2,12,14). The van der Waals surface area contributed by atoms with Crippen LogP contribution in [0.2, 0.25) is 0 Å². The lowest BCUT2D eigenvalue weighted by Crippen LogP contribution is -2.55. The van der Waals surface area contributed by atoms with Gasteiger partial charge in [0.15, 0.2) is 0 Å². The summed E-state index contributed by atoms with van der Waals surface area (Å²) in [7, 11) is 0. The van der Waals surface area contributed by atoms with E-state index in [0.29, 0.717) is 25.6 Å². The number of amides is 1. The van der Waals surface area contributed by atoms with Crippen LogP contribution in [0.1, 0.15) is 20.3 Å². The van der Waals surface area contributed by atoms with Gasteiger partial charge in [0.2, 0.25) is 5.91 Å². The molecular formula is C10H21N3O2. The highest BCUT2D eigenvalue weighted by molar-refractivity contribution is 5.74. The Bertz CT molecular complexity index is 223. The van der Waals surface area contributed by atoms with E-state index >= 15 is 0 Å². The van der Waals surface area contributed by atoms with Gasteiger partial charge < -0.3 is 16.2 Å². The maximum absolute atomic E-state index is 10.9. The molecule has 88 valence electrons. The molecule has 1 aliphatic rings. The van der Waals surface area contributed by atoms with Gasteiger partial charge in [-0.15, -0.1) is 0 Å². The number of hydrogen-bond donors (Lipinski definition) is 2. The molecule has 15 heavy (non-hydrogen) atoms. The topological polar surface area (TPSA) is 81.6 Å². The lowest BCUT2D eigenvalue weighted by atomic mass is 10.1. The van der Waals surface area contributed by atoms with E-state index in [4.69, 9.17) is 16.2 Å². The zero-order chi connectivity index (χ0) is 11.4. The lowest BCUT2D eigenvalue weighted by molar-refractivity contribution is -0.121. The molecule has 0 spiro atoms. The van der Waals surface area contributed by atoms with Crippen LogP contribution >= 0.6 is 0 Å². The Morgan fingerprint density at radius 2 is 2.27 bits per heavy atom. The number of primary amides is 1. The Balaban J connectivity index is 2.59. The van der Waals surface area contributed by atoms with Crippen molar-refractivity contribution in [1.82, 2.24) is 4.90 Å². The number of carbonyl (C=O) groups excluding carboxylic acids is 1. The van der Waals surface area contributed by atoms with E-state index in [2.05, 4.69) is 11.8 Å². The van der Waals surface area contributed by atoms with Crippen molar-refractivity contribution in [3.8, 4) is 0 Å². The molecule has 0 bridgehead atoms. The van der Waals surface area contributed by atoms with Crippen LogP contribution in [0.3, 0.4) is 0 Å². The summed E-state index contributed by atoms with van der Waals surface area (Å²) in [4.78, 5) is 13.1. The second-order valence-corrected chi connectivity index (χ2v) is 4.25. The Labute approximate surface area is 90.7 Å². The van der Waals surface area contributed by atoms with E-state index in [1.165, 1.54) is 0 Å². The summed E-state index contributed by atoms with van der Waals surface area (Å²) in [5, 5.41) is 0. The van der Waals surface area contributed by atoms with Crippen LogP contribution < -0.4 is 11.5 Å². The number of hydrogen-bond acceptors (Lipinski definition) is 4. The van der Waals surface area contributed by atoms with Crippen LogP contribution in [0.4, 0.5) is 0 Å². The van der Waals surface area contributed by atoms with E-state index in [0.717, 1.165) is 6.54 Å². The summed E-state index contributed by atoms with van der Waals surface area (Å²) in [5.41, 5.74) is 10.9. The van der Waals surface area contributed by atoms with Crippen molar-refractivity contribution in [2.75, 3.05) is 19.7 Å². The van der Waals surface area contributed by atoms with Crippen molar-refractivity contribution in [1.29, 1.82) is 0 Å². The number of morpholine rings is 1. The number of carbonyl (C=O) groups is 1. The van der Waals surface area contributed by atoms with Crippen LogP contribution in [0.25, 0.3) is 0 Å². The van der Waals surface area contributed by atoms with Gasteiger partial charge in [0.25, 0.3) is 0 Å². The molecule has 0 aromatic rings. The molecule has 0 aromatic carbocycles. The van der Waals surface area contributed by atoms with E-state index < -0.39 is 0 Å². The molecule has 0 aliphatic carbocycles. The monoisotopic (exact) mass is 215 g/mol. The third-order valence-electron chi connectivity index (χ3n) is 2.83. The van der Waals surface area contributed by atoms with E-state index in [1.54, 1.807) is 0 Å². The zero-order valence-corrected chi connectivity index (χ0v) is 9.48. The summed E-state index contributed by atoms with van der Waals surface area (Å²) < 4.78 is 5.52. The van der Waals surface area contributed by atoms with Gasteiger partial charge in [0.05, 0.1) is 12.7 Å². The minimum absolute atomic E-state index is 0.0452. The highest BCUT2D eigenvalue weighted by Gasteiger charge is 2.29. The second-order valence-electron chi connectivity index (χ2n) is 4.25. The van der Waals surface area contributed by atoms with Gasteiger partial charge in [0, 0.05) is 31.6 Å². The average Bonchev–Trinajstić information content (AvgIpc) is 2.18. The molecule has 1 heterocycles. The highest BCUT2D eigenvalue weighted by atomic mass is 16.5. The van der Waals surface area contributed by atoms with Crippen molar-refractivity contribution in [3.05, 3.63) is 0 Å². The molecule has 4 N–H and O–H groups in total. The number of rotatable bonds is 4. The van der Waals surface area contributed by atoms with Crippen LogP contribution in [0.15, 0.2) is 0 Å². The lowest BCUT2D eigenvalue weighted by Gasteiger charge is -2.41. The molecule has 1 saturated heterocycles. The first kappa shape index (κ1) is 12.4. The smallest absolute Gasteiger partial charge is 0.219 e. The third-order valence-corrected chi connectivity index (χ3v) is 2.83. The van der Waals surface area contributed by atoms with Gasteiger partial charge in [-0.1, -0.05) is 0 Å². The van der Waals surface area contributed by atoms with Gasteiger partial charge in [0.1, 0.15) is 0 Å². The third kappa shape index (κ3) is 3.44.